The van der Waals surface area contributed by atoms with Crippen molar-refractivity contribution in [2.24, 2.45) is 0 Å². The summed E-state index contributed by atoms with van der Waals surface area (Å²) < 4.78 is 11.0. The second kappa shape index (κ2) is 16.0. The highest BCUT2D eigenvalue weighted by Gasteiger charge is 2.18. The molecule has 2 heterocycles. The Kier molecular flexibility index (Phi) is 14.2. The topological polar surface area (TPSA) is 52.6 Å². The normalized spacial score (nSPS) is 23.3. The molecule has 0 amide bonds. The van der Waals surface area contributed by atoms with Gasteiger partial charge in [-0.15, -0.1) is 0 Å². The summed E-state index contributed by atoms with van der Waals surface area (Å²) in [6.07, 6.45) is 11.3. The van der Waals surface area contributed by atoms with E-state index in [0.717, 1.165) is 49.0 Å². The van der Waals surface area contributed by atoms with Crippen LogP contribution in [0, 0.1) is 0 Å². The van der Waals surface area contributed by atoms with Crippen LogP contribution in [-0.4, -0.2) is 46.2 Å². The highest BCUT2D eigenvalue weighted by Crippen LogP contribution is 2.40. The molecule has 2 saturated heterocycles. The van der Waals surface area contributed by atoms with Crippen LogP contribution in [0.5, 0.6) is 0 Å². The molecule has 30 heavy (non-hydrogen) atoms. The van der Waals surface area contributed by atoms with Gasteiger partial charge in [-0.25, -0.2) is 0 Å². The molecule has 8 heteroatoms. The maximum Gasteiger partial charge on any atom is 0.306 e. The molecule has 0 aliphatic carbocycles. The van der Waals surface area contributed by atoms with Gasteiger partial charge in [0.15, 0.2) is 0 Å². The van der Waals surface area contributed by atoms with E-state index >= 15 is 0 Å². The van der Waals surface area contributed by atoms with Crippen molar-refractivity contribution in [1.82, 2.24) is 0 Å². The van der Waals surface area contributed by atoms with Gasteiger partial charge in [0.2, 0.25) is 0 Å². The lowest BCUT2D eigenvalue weighted by Crippen LogP contribution is -2.19. The molecule has 0 saturated carbocycles. The van der Waals surface area contributed by atoms with Crippen LogP contribution >= 0.6 is 43.2 Å². The molecule has 2 fully saturated rings. The molecular formula is C22H38O4S4. The number of rotatable bonds is 15. The Morgan fingerprint density at radius 1 is 0.767 bits per heavy atom. The third-order valence-electron chi connectivity index (χ3n) is 5.41. The maximum absolute atomic E-state index is 12.0. The first-order valence-electron chi connectivity index (χ1n) is 11.5. The molecule has 0 radical (unpaired) electrons. The minimum atomic E-state index is -0.123. The zero-order chi connectivity index (χ0) is 21.6. The largest absolute Gasteiger partial charge is 0.463 e. The predicted octanol–water partition coefficient (Wildman–Crippen LogP) is 7.06. The van der Waals surface area contributed by atoms with Crippen molar-refractivity contribution in [2.75, 3.05) is 11.5 Å². The number of carbonyl (C=O) groups excluding carboxylic acids is 2. The van der Waals surface area contributed by atoms with Crippen LogP contribution in [0.15, 0.2) is 0 Å². The summed E-state index contributed by atoms with van der Waals surface area (Å²) in [4.78, 5) is 24.0. The zero-order valence-electron chi connectivity index (χ0n) is 18.5. The average Bonchev–Trinajstić information content (AvgIpc) is 3.41. The summed E-state index contributed by atoms with van der Waals surface area (Å²) in [5.41, 5.74) is 0. The Labute approximate surface area is 198 Å². The third-order valence-corrected chi connectivity index (χ3v) is 11.4. The molecule has 0 bridgehead atoms. The van der Waals surface area contributed by atoms with Crippen molar-refractivity contribution in [3.8, 4) is 0 Å². The molecule has 0 spiro atoms. The van der Waals surface area contributed by atoms with E-state index in [2.05, 4.69) is 0 Å². The van der Waals surface area contributed by atoms with Gasteiger partial charge in [-0.1, -0.05) is 56.0 Å². The Bertz CT molecular complexity index is 450. The van der Waals surface area contributed by atoms with Crippen molar-refractivity contribution in [1.29, 1.82) is 0 Å². The standard InChI is InChI=1S/C22H38O4S4/c1-17(25-21(23)9-5-3-7-19-13-15-27-29-19)11-12-18(2)26-22(24)10-6-4-8-20-14-16-28-30-20/h17-20H,3-16H2,1-2H3. The molecular weight excluding hydrogens is 457 g/mol. The van der Waals surface area contributed by atoms with E-state index in [0.29, 0.717) is 12.8 Å². The number of carbonyl (C=O) groups is 2. The van der Waals surface area contributed by atoms with Crippen molar-refractivity contribution in [2.45, 2.75) is 114 Å². The zero-order valence-corrected chi connectivity index (χ0v) is 21.7. The first-order chi connectivity index (χ1) is 14.5. The van der Waals surface area contributed by atoms with Crippen LogP contribution in [0.25, 0.3) is 0 Å². The summed E-state index contributed by atoms with van der Waals surface area (Å²) in [7, 11) is 7.93. The number of esters is 2. The molecule has 174 valence electrons. The Morgan fingerprint density at radius 2 is 1.20 bits per heavy atom. The molecule has 0 aromatic rings. The van der Waals surface area contributed by atoms with Gasteiger partial charge in [-0.2, -0.15) is 0 Å². The van der Waals surface area contributed by atoms with Crippen LogP contribution < -0.4 is 0 Å². The molecule has 2 aliphatic heterocycles. The fraction of sp³-hybridized carbons (Fsp3) is 0.909. The Morgan fingerprint density at radius 3 is 1.57 bits per heavy atom. The van der Waals surface area contributed by atoms with Crippen molar-refractivity contribution < 1.29 is 19.1 Å². The van der Waals surface area contributed by atoms with Gasteiger partial charge in [0, 0.05) is 34.8 Å². The van der Waals surface area contributed by atoms with Crippen LogP contribution in [0.1, 0.15) is 90.9 Å². The van der Waals surface area contributed by atoms with Crippen molar-refractivity contribution >= 4 is 55.1 Å². The minimum absolute atomic E-state index is 0.0978. The molecule has 4 nitrogen and oxygen atoms in total. The molecule has 0 N–H and O–H groups in total. The van der Waals surface area contributed by atoms with Crippen LogP contribution in [0.4, 0.5) is 0 Å². The molecule has 4 atom stereocenters. The molecule has 0 aromatic carbocycles. The lowest BCUT2D eigenvalue weighted by molar-refractivity contribution is -0.152. The summed E-state index contributed by atoms with van der Waals surface area (Å²) in [5, 5.41) is 1.55. The van der Waals surface area contributed by atoms with Crippen LogP contribution in [0.3, 0.4) is 0 Å². The lowest BCUT2D eigenvalue weighted by Gasteiger charge is -2.17. The highest BCUT2D eigenvalue weighted by molar-refractivity contribution is 8.77. The first-order valence-corrected chi connectivity index (χ1v) is 16.2. The number of hydrogen-bond donors (Lipinski definition) is 0. The second-order valence-electron chi connectivity index (χ2n) is 8.33. The monoisotopic (exact) mass is 494 g/mol. The summed E-state index contributed by atoms with van der Waals surface area (Å²) in [6, 6.07) is 0. The number of ether oxygens (including phenoxy) is 2. The molecule has 2 rings (SSSR count). The number of hydrogen-bond acceptors (Lipinski definition) is 8. The van der Waals surface area contributed by atoms with E-state index in [4.69, 9.17) is 9.47 Å². The van der Waals surface area contributed by atoms with Gasteiger partial charge in [0.25, 0.3) is 0 Å². The Hall–Kier alpha value is 0.340. The molecule has 0 aromatic heterocycles. The van der Waals surface area contributed by atoms with E-state index in [9.17, 15) is 9.59 Å². The quantitative estimate of drug-likeness (QED) is 0.136. The van der Waals surface area contributed by atoms with Crippen LogP contribution in [-0.2, 0) is 19.1 Å². The molecule has 4 unspecified atom stereocenters. The van der Waals surface area contributed by atoms with E-state index in [1.54, 1.807) is 0 Å². The van der Waals surface area contributed by atoms with Gasteiger partial charge in [0.05, 0.1) is 12.2 Å². The second-order valence-corrected chi connectivity index (χ2v) is 13.9. The van der Waals surface area contributed by atoms with Gasteiger partial charge in [0.1, 0.15) is 0 Å². The van der Waals surface area contributed by atoms with Crippen molar-refractivity contribution in [3.63, 3.8) is 0 Å². The summed E-state index contributed by atoms with van der Waals surface area (Å²) >= 11 is 0. The first kappa shape index (κ1) is 26.6. The third kappa shape index (κ3) is 12.4. The van der Waals surface area contributed by atoms with Crippen molar-refractivity contribution in [3.05, 3.63) is 0 Å². The van der Waals surface area contributed by atoms with E-state index in [1.165, 1.54) is 37.2 Å². The van der Waals surface area contributed by atoms with Gasteiger partial charge in [-0.3, -0.25) is 9.59 Å². The number of unbranched alkanes of at least 4 members (excludes halogenated alkanes) is 2. The summed E-state index contributed by atoms with van der Waals surface area (Å²) in [5.74, 6) is 2.34. The van der Waals surface area contributed by atoms with E-state index in [1.807, 2.05) is 57.0 Å². The smallest absolute Gasteiger partial charge is 0.306 e. The van der Waals surface area contributed by atoms with Crippen LogP contribution in [0.2, 0.25) is 0 Å². The Balaban J connectivity index is 1.43. The van der Waals surface area contributed by atoms with Gasteiger partial charge >= 0.3 is 11.9 Å². The van der Waals surface area contributed by atoms with E-state index < -0.39 is 0 Å². The highest BCUT2D eigenvalue weighted by atomic mass is 33.1. The van der Waals surface area contributed by atoms with Gasteiger partial charge < -0.3 is 9.47 Å². The fourth-order valence-corrected chi connectivity index (χ4v) is 9.62. The van der Waals surface area contributed by atoms with Gasteiger partial charge in [-0.05, 0) is 65.2 Å². The summed E-state index contributed by atoms with van der Waals surface area (Å²) in [6.45, 7) is 3.86. The maximum atomic E-state index is 12.0. The fourth-order valence-electron chi connectivity index (χ4n) is 3.57. The predicted molar refractivity (Wildman–Crippen MR) is 134 cm³/mol. The lowest BCUT2D eigenvalue weighted by atomic mass is 10.1. The average molecular weight is 495 g/mol. The minimum Gasteiger partial charge on any atom is -0.463 e. The SMILES string of the molecule is CC(CCC(C)OC(=O)CCCCC1CCSS1)OC(=O)CCCCC1CCSS1. The molecule has 2 aliphatic rings. The van der Waals surface area contributed by atoms with E-state index in [-0.39, 0.29) is 24.1 Å².